The van der Waals surface area contributed by atoms with Crippen molar-refractivity contribution in [3.8, 4) is 0 Å². The van der Waals surface area contributed by atoms with Gasteiger partial charge in [0.05, 0.1) is 6.10 Å². The molecule has 0 saturated heterocycles. The maximum Gasteiger partial charge on any atom is 0.243 e. The van der Waals surface area contributed by atoms with Crippen LogP contribution in [0.25, 0.3) is 0 Å². The van der Waals surface area contributed by atoms with Gasteiger partial charge in [-0.15, -0.1) is 13.2 Å². The fourth-order valence-corrected chi connectivity index (χ4v) is 2.63. The average molecular weight is 266 g/mol. The quantitative estimate of drug-likeness (QED) is 0.714. The van der Waals surface area contributed by atoms with E-state index in [0.29, 0.717) is 26.1 Å². The van der Waals surface area contributed by atoms with Gasteiger partial charge in [0, 0.05) is 31.5 Å². The van der Waals surface area contributed by atoms with Crippen LogP contribution in [0.5, 0.6) is 0 Å². The lowest BCUT2D eigenvalue weighted by Crippen LogP contribution is -2.76. The fourth-order valence-electron chi connectivity index (χ4n) is 2.63. The second kappa shape index (κ2) is 5.88. The molecule has 4 nitrogen and oxygen atoms in total. The summed E-state index contributed by atoms with van der Waals surface area (Å²) in [5.74, 6) is -0.0479. The Morgan fingerprint density at radius 3 is 2.32 bits per heavy atom. The summed E-state index contributed by atoms with van der Waals surface area (Å²) >= 11 is 0. The van der Waals surface area contributed by atoms with Gasteiger partial charge in [0.1, 0.15) is 5.54 Å². The monoisotopic (exact) mass is 266 g/mol. The average Bonchev–Trinajstić information content (AvgIpc) is 2.37. The van der Waals surface area contributed by atoms with Gasteiger partial charge in [-0.25, -0.2) is 0 Å². The molecule has 0 aliphatic heterocycles. The van der Waals surface area contributed by atoms with E-state index in [0.717, 1.165) is 0 Å². The van der Waals surface area contributed by atoms with E-state index in [9.17, 15) is 4.79 Å². The molecule has 0 heterocycles. The predicted molar refractivity (Wildman–Crippen MR) is 77.7 cm³/mol. The Morgan fingerprint density at radius 2 is 1.95 bits per heavy atom. The van der Waals surface area contributed by atoms with Crippen LogP contribution in [-0.2, 0) is 9.53 Å². The van der Waals surface area contributed by atoms with E-state index in [1.165, 1.54) is 0 Å². The van der Waals surface area contributed by atoms with Crippen LogP contribution in [-0.4, -0.2) is 42.1 Å². The normalized spacial score (nSPS) is 28.3. The van der Waals surface area contributed by atoms with Crippen LogP contribution in [0.4, 0.5) is 0 Å². The van der Waals surface area contributed by atoms with E-state index < -0.39 is 5.54 Å². The summed E-state index contributed by atoms with van der Waals surface area (Å²) in [5.41, 5.74) is 5.14. The lowest BCUT2D eigenvalue weighted by Gasteiger charge is -2.58. The van der Waals surface area contributed by atoms with E-state index in [-0.39, 0.29) is 17.4 Å². The van der Waals surface area contributed by atoms with E-state index in [2.05, 4.69) is 13.2 Å². The molecule has 2 atom stereocenters. The molecule has 0 spiro atoms. The van der Waals surface area contributed by atoms with Crippen molar-refractivity contribution in [1.82, 2.24) is 4.90 Å². The summed E-state index contributed by atoms with van der Waals surface area (Å²) in [6, 6.07) is 0. The number of carbonyl (C=O) groups excluding carboxylic acids is 1. The number of hydrogen-bond acceptors (Lipinski definition) is 3. The maximum atomic E-state index is 12.6. The van der Waals surface area contributed by atoms with Crippen molar-refractivity contribution in [3.05, 3.63) is 25.3 Å². The van der Waals surface area contributed by atoms with Crippen LogP contribution < -0.4 is 5.73 Å². The van der Waals surface area contributed by atoms with Gasteiger partial charge in [0.2, 0.25) is 5.91 Å². The van der Waals surface area contributed by atoms with Crippen LogP contribution in [0.1, 0.15) is 27.2 Å². The first kappa shape index (κ1) is 15.9. The summed E-state index contributed by atoms with van der Waals surface area (Å²) < 4.78 is 5.65. The molecule has 0 aromatic carbocycles. The molecular formula is C15H26N2O2. The van der Waals surface area contributed by atoms with E-state index in [1.807, 2.05) is 20.8 Å². The SMILES string of the molecule is C=CCN(CC=C)C(=O)C1(N)CC(OCC)C1(C)C. The van der Waals surface area contributed by atoms with Gasteiger partial charge in [-0.3, -0.25) is 4.79 Å². The smallest absolute Gasteiger partial charge is 0.243 e. The molecule has 1 amide bonds. The lowest BCUT2D eigenvalue weighted by atomic mass is 9.54. The van der Waals surface area contributed by atoms with Crippen LogP contribution in [0.3, 0.4) is 0 Å². The highest BCUT2D eigenvalue weighted by molar-refractivity contribution is 5.89. The molecule has 2 unspecified atom stereocenters. The van der Waals surface area contributed by atoms with Gasteiger partial charge in [0.15, 0.2) is 0 Å². The van der Waals surface area contributed by atoms with E-state index >= 15 is 0 Å². The molecule has 1 aliphatic carbocycles. The minimum absolute atomic E-state index is 0.0424. The molecule has 19 heavy (non-hydrogen) atoms. The number of nitrogens with zero attached hydrogens (tertiary/aromatic N) is 1. The second-order valence-corrected chi connectivity index (χ2v) is 5.63. The molecule has 1 saturated carbocycles. The Kier molecular flexibility index (Phi) is 4.93. The van der Waals surface area contributed by atoms with Crippen LogP contribution in [0.15, 0.2) is 25.3 Å². The van der Waals surface area contributed by atoms with E-state index in [1.54, 1.807) is 17.1 Å². The Morgan fingerprint density at radius 1 is 1.42 bits per heavy atom. The largest absolute Gasteiger partial charge is 0.378 e. The van der Waals surface area contributed by atoms with Gasteiger partial charge < -0.3 is 15.4 Å². The molecule has 1 aliphatic rings. The third-order valence-electron chi connectivity index (χ3n) is 4.20. The Balaban J connectivity index is 2.86. The van der Waals surface area contributed by atoms with Crippen molar-refractivity contribution < 1.29 is 9.53 Å². The van der Waals surface area contributed by atoms with Crippen molar-refractivity contribution in [3.63, 3.8) is 0 Å². The van der Waals surface area contributed by atoms with Crippen molar-refractivity contribution in [2.24, 2.45) is 11.1 Å². The fraction of sp³-hybridized carbons (Fsp3) is 0.667. The van der Waals surface area contributed by atoms with Gasteiger partial charge in [-0.1, -0.05) is 26.0 Å². The molecule has 1 fully saturated rings. The minimum Gasteiger partial charge on any atom is -0.378 e. The standard InChI is InChI=1S/C15H26N2O2/c1-6-9-17(10-7-2)13(18)15(16)11-12(19-8-3)14(15,4)5/h6-7,12H,1-2,8-11,16H2,3-5H3. The molecule has 0 bridgehead atoms. The van der Waals surface area contributed by atoms with Crippen LogP contribution >= 0.6 is 0 Å². The van der Waals surface area contributed by atoms with E-state index in [4.69, 9.17) is 10.5 Å². The summed E-state index contributed by atoms with van der Waals surface area (Å²) in [6.07, 6.45) is 4.02. The first-order valence-corrected chi connectivity index (χ1v) is 6.76. The Hall–Kier alpha value is -1.13. The summed E-state index contributed by atoms with van der Waals surface area (Å²) in [5, 5.41) is 0. The van der Waals surface area contributed by atoms with Crippen molar-refractivity contribution in [2.45, 2.75) is 38.8 Å². The molecule has 0 radical (unpaired) electrons. The third-order valence-corrected chi connectivity index (χ3v) is 4.20. The first-order valence-electron chi connectivity index (χ1n) is 6.76. The summed E-state index contributed by atoms with van der Waals surface area (Å²) in [6.45, 7) is 14.9. The highest BCUT2D eigenvalue weighted by Gasteiger charge is 2.63. The zero-order valence-electron chi connectivity index (χ0n) is 12.3. The molecule has 108 valence electrons. The molecule has 0 aromatic heterocycles. The zero-order valence-corrected chi connectivity index (χ0v) is 12.3. The number of nitrogens with two attached hydrogens (primary N) is 1. The predicted octanol–water partition coefficient (Wildman–Crippen LogP) is 1.72. The summed E-state index contributed by atoms with van der Waals surface area (Å²) in [7, 11) is 0. The highest BCUT2D eigenvalue weighted by atomic mass is 16.5. The number of hydrogen-bond donors (Lipinski definition) is 1. The lowest BCUT2D eigenvalue weighted by molar-refractivity contribution is -0.178. The number of rotatable bonds is 7. The van der Waals surface area contributed by atoms with Gasteiger partial charge >= 0.3 is 0 Å². The molecule has 2 N–H and O–H groups in total. The molecular weight excluding hydrogens is 240 g/mol. The Labute approximate surface area is 116 Å². The maximum absolute atomic E-state index is 12.6. The number of ether oxygens (including phenoxy) is 1. The minimum atomic E-state index is -0.862. The van der Waals surface area contributed by atoms with Gasteiger partial charge in [-0.2, -0.15) is 0 Å². The van der Waals surface area contributed by atoms with Crippen molar-refractivity contribution in [2.75, 3.05) is 19.7 Å². The summed E-state index contributed by atoms with van der Waals surface area (Å²) in [4.78, 5) is 14.3. The zero-order chi connectivity index (χ0) is 14.7. The first-order chi connectivity index (χ1) is 8.85. The third kappa shape index (κ3) is 2.60. The van der Waals surface area contributed by atoms with Crippen LogP contribution in [0, 0.1) is 5.41 Å². The van der Waals surface area contributed by atoms with Crippen molar-refractivity contribution in [1.29, 1.82) is 0 Å². The second-order valence-electron chi connectivity index (χ2n) is 5.63. The Bertz CT molecular complexity index is 355. The van der Waals surface area contributed by atoms with Gasteiger partial charge in [0.25, 0.3) is 0 Å². The van der Waals surface area contributed by atoms with Gasteiger partial charge in [-0.05, 0) is 6.92 Å². The molecule has 0 aromatic rings. The highest BCUT2D eigenvalue weighted by Crippen LogP contribution is 2.50. The molecule has 1 rings (SSSR count). The van der Waals surface area contributed by atoms with Crippen LogP contribution in [0.2, 0.25) is 0 Å². The number of carbonyl (C=O) groups is 1. The molecule has 4 heteroatoms. The van der Waals surface area contributed by atoms with Crippen molar-refractivity contribution >= 4 is 5.91 Å². The topological polar surface area (TPSA) is 55.6 Å². The number of amides is 1.